The minimum atomic E-state index is -0.425. The third kappa shape index (κ3) is 9.80. The van der Waals surface area contributed by atoms with Crippen LogP contribution in [-0.2, 0) is 4.74 Å². The van der Waals surface area contributed by atoms with Crippen LogP contribution in [0.4, 0.5) is 0 Å². The number of hydrogen-bond acceptors (Lipinski definition) is 3. The summed E-state index contributed by atoms with van der Waals surface area (Å²) in [5.41, 5.74) is 0. The van der Waals surface area contributed by atoms with Crippen molar-refractivity contribution >= 4 is 0 Å². The maximum Gasteiger partial charge on any atom is 0.0774 e. The van der Waals surface area contributed by atoms with Crippen LogP contribution < -0.4 is 0 Å². The van der Waals surface area contributed by atoms with Crippen molar-refractivity contribution in [2.24, 2.45) is 0 Å². The van der Waals surface area contributed by atoms with Crippen molar-refractivity contribution in [3.8, 4) is 0 Å². The first-order valence-electron chi connectivity index (χ1n) is 5.10. The van der Waals surface area contributed by atoms with Gasteiger partial charge in [-0.05, 0) is 26.2 Å². The predicted octanol–water partition coefficient (Wildman–Crippen LogP) is 1.32. The molecular weight excluding hydrogens is 168 g/mol. The van der Waals surface area contributed by atoms with E-state index in [4.69, 9.17) is 9.84 Å². The van der Waals surface area contributed by atoms with Gasteiger partial charge in [-0.15, -0.1) is 0 Å². The van der Waals surface area contributed by atoms with Crippen LogP contribution >= 0.6 is 0 Å². The molecule has 0 aromatic rings. The predicted molar refractivity (Wildman–Crippen MR) is 52.6 cm³/mol. The number of aliphatic hydroxyl groups is 2. The number of aliphatic hydroxyl groups excluding tert-OH is 2. The molecule has 2 unspecified atom stereocenters. The zero-order valence-corrected chi connectivity index (χ0v) is 8.70. The van der Waals surface area contributed by atoms with E-state index in [0.717, 1.165) is 19.4 Å². The Balaban J connectivity index is 3.15. The minimum Gasteiger partial charge on any atom is -0.393 e. The monoisotopic (exact) mass is 190 g/mol. The van der Waals surface area contributed by atoms with E-state index >= 15 is 0 Å². The molecule has 2 N–H and O–H groups in total. The SMILES string of the molecule is CCCCOCC(O)CCC(C)O. The van der Waals surface area contributed by atoms with E-state index in [1.54, 1.807) is 6.92 Å². The Kier molecular flexibility index (Phi) is 8.40. The highest BCUT2D eigenvalue weighted by Crippen LogP contribution is 2.02. The molecule has 3 nitrogen and oxygen atoms in total. The van der Waals surface area contributed by atoms with Gasteiger partial charge < -0.3 is 14.9 Å². The molecule has 80 valence electrons. The first kappa shape index (κ1) is 12.9. The lowest BCUT2D eigenvalue weighted by atomic mass is 10.1. The fourth-order valence-corrected chi connectivity index (χ4v) is 0.983. The van der Waals surface area contributed by atoms with E-state index in [-0.39, 0.29) is 6.10 Å². The van der Waals surface area contributed by atoms with Crippen molar-refractivity contribution in [2.75, 3.05) is 13.2 Å². The van der Waals surface area contributed by atoms with Crippen LogP contribution in [0.25, 0.3) is 0 Å². The maximum absolute atomic E-state index is 9.36. The Labute approximate surface area is 80.7 Å². The van der Waals surface area contributed by atoms with E-state index in [9.17, 15) is 5.11 Å². The highest BCUT2D eigenvalue weighted by molar-refractivity contribution is 4.57. The smallest absolute Gasteiger partial charge is 0.0774 e. The van der Waals surface area contributed by atoms with Crippen LogP contribution in [0.3, 0.4) is 0 Å². The fraction of sp³-hybridized carbons (Fsp3) is 1.00. The molecule has 0 bridgehead atoms. The van der Waals surface area contributed by atoms with Gasteiger partial charge in [-0.3, -0.25) is 0 Å². The highest BCUT2D eigenvalue weighted by Gasteiger charge is 2.05. The van der Waals surface area contributed by atoms with Gasteiger partial charge >= 0.3 is 0 Å². The molecule has 0 heterocycles. The second-order valence-electron chi connectivity index (χ2n) is 3.51. The van der Waals surface area contributed by atoms with Gasteiger partial charge in [0.15, 0.2) is 0 Å². The molecule has 0 aliphatic rings. The quantitative estimate of drug-likeness (QED) is 0.568. The summed E-state index contributed by atoms with van der Waals surface area (Å²) in [6.45, 7) is 4.95. The maximum atomic E-state index is 9.36. The van der Waals surface area contributed by atoms with Crippen molar-refractivity contribution in [1.82, 2.24) is 0 Å². The zero-order chi connectivity index (χ0) is 10.1. The van der Waals surface area contributed by atoms with Gasteiger partial charge in [-0.1, -0.05) is 13.3 Å². The van der Waals surface area contributed by atoms with Gasteiger partial charge in [0, 0.05) is 6.61 Å². The van der Waals surface area contributed by atoms with E-state index < -0.39 is 6.10 Å². The number of unbranched alkanes of at least 4 members (excludes halogenated alkanes) is 1. The molecule has 0 spiro atoms. The van der Waals surface area contributed by atoms with Gasteiger partial charge in [0.2, 0.25) is 0 Å². The Morgan fingerprint density at radius 1 is 1.23 bits per heavy atom. The summed E-state index contributed by atoms with van der Waals surface area (Å²) in [5.74, 6) is 0. The van der Waals surface area contributed by atoms with E-state index in [2.05, 4.69) is 6.92 Å². The third-order valence-electron chi connectivity index (χ3n) is 1.87. The van der Waals surface area contributed by atoms with E-state index in [1.165, 1.54) is 0 Å². The number of ether oxygens (including phenoxy) is 1. The summed E-state index contributed by atoms with van der Waals surface area (Å²) in [5, 5.41) is 18.3. The van der Waals surface area contributed by atoms with Crippen molar-refractivity contribution < 1.29 is 14.9 Å². The Morgan fingerprint density at radius 2 is 1.92 bits per heavy atom. The molecule has 0 saturated heterocycles. The van der Waals surface area contributed by atoms with Crippen LogP contribution in [0.5, 0.6) is 0 Å². The first-order valence-corrected chi connectivity index (χ1v) is 5.10. The summed E-state index contributed by atoms with van der Waals surface area (Å²) < 4.78 is 5.24. The lowest BCUT2D eigenvalue weighted by Gasteiger charge is -2.11. The molecule has 0 amide bonds. The molecule has 0 aromatic heterocycles. The second-order valence-corrected chi connectivity index (χ2v) is 3.51. The summed E-state index contributed by atoms with van der Waals surface area (Å²) in [6.07, 6.45) is 2.66. The lowest BCUT2D eigenvalue weighted by molar-refractivity contribution is 0.0241. The van der Waals surface area contributed by atoms with Crippen molar-refractivity contribution in [3.63, 3.8) is 0 Å². The molecule has 0 rings (SSSR count). The Morgan fingerprint density at radius 3 is 2.46 bits per heavy atom. The molecule has 0 saturated carbocycles. The zero-order valence-electron chi connectivity index (χ0n) is 8.70. The first-order chi connectivity index (χ1) is 6.16. The second kappa shape index (κ2) is 8.48. The topological polar surface area (TPSA) is 49.7 Å². The lowest BCUT2D eigenvalue weighted by Crippen LogP contribution is -2.17. The molecule has 0 radical (unpaired) electrons. The van der Waals surface area contributed by atoms with E-state index in [0.29, 0.717) is 19.4 Å². The Hall–Kier alpha value is -0.120. The van der Waals surface area contributed by atoms with Crippen LogP contribution in [0.2, 0.25) is 0 Å². The van der Waals surface area contributed by atoms with E-state index in [1.807, 2.05) is 0 Å². The fourth-order valence-electron chi connectivity index (χ4n) is 0.983. The molecular formula is C10H22O3. The molecule has 3 heteroatoms. The van der Waals surface area contributed by atoms with Gasteiger partial charge in [0.1, 0.15) is 0 Å². The summed E-state index contributed by atoms with van der Waals surface area (Å²) >= 11 is 0. The normalized spacial score (nSPS) is 15.7. The van der Waals surface area contributed by atoms with Crippen molar-refractivity contribution in [2.45, 2.75) is 51.7 Å². The number of hydrogen-bond donors (Lipinski definition) is 2. The molecule has 0 aliphatic carbocycles. The van der Waals surface area contributed by atoms with Gasteiger partial charge in [0.05, 0.1) is 18.8 Å². The standard InChI is InChI=1S/C10H22O3/c1-3-4-7-13-8-10(12)6-5-9(2)11/h9-12H,3-8H2,1-2H3. The van der Waals surface area contributed by atoms with Gasteiger partial charge in [-0.2, -0.15) is 0 Å². The van der Waals surface area contributed by atoms with Gasteiger partial charge in [-0.25, -0.2) is 0 Å². The summed E-state index contributed by atoms with van der Waals surface area (Å²) in [6, 6.07) is 0. The third-order valence-corrected chi connectivity index (χ3v) is 1.87. The van der Waals surface area contributed by atoms with Crippen LogP contribution in [0.1, 0.15) is 39.5 Å². The van der Waals surface area contributed by atoms with Crippen LogP contribution in [0.15, 0.2) is 0 Å². The van der Waals surface area contributed by atoms with Crippen LogP contribution in [-0.4, -0.2) is 35.6 Å². The Bertz CT molecular complexity index is 104. The largest absolute Gasteiger partial charge is 0.393 e. The minimum absolute atomic E-state index is 0.328. The molecule has 0 fully saturated rings. The van der Waals surface area contributed by atoms with Crippen LogP contribution in [0, 0.1) is 0 Å². The van der Waals surface area contributed by atoms with Gasteiger partial charge in [0.25, 0.3) is 0 Å². The van der Waals surface area contributed by atoms with Crippen molar-refractivity contribution in [3.05, 3.63) is 0 Å². The number of rotatable bonds is 8. The molecule has 0 aromatic carbocycles. The molecule has 2 atom stereocenters. The molecule has 0 aliphatic heterocycles. The average Bonchev–Trinajstić information content (AvgIpc) is 2.09. The average molecular weight is 190 g/mol. The highest BCUT2D eigenvalue weighted by atomic mass is 16.5. The summed E-state index contributed by atoms with van der Waals surface area (Å²) in [7, 11) is 0. The molecule has 13 heavy (non-hydrogen) atoms. The summed E-state index contributed by atoms with van der Waals surface area (Å²) in [4.78, 5) is 0. The van der Waals surface area contributed by atoms with Crippen molar-refractivity contribution in [1.29, 1.82) is 0 Å².